The van der Waals surface area contributed by atoms with E-state index in [9.17, 15) is 19.8 Å². The van der Waals surface area contributed by atoms with E-state index in [2.05, 4.69) is 5.32 Å². The third kappa shape index (κ3) is 4.24. The predicted molar refractivity (Wildman–Crippen MR) is 78.2 cm³/mol. The van der Waals surface area contributed by atoms with E-state index in [1.165, 1.54) is 24.3 Å². The van der Waals surface area contributed by atoms with Gasteiger partial charge >= 0.3 is 12.1 Å². The summed E-state index contributed by atoms with van der Waals surface area (Å²) in [7, 11) is 0. The molecule has 6 heteroatoms. The molecular formula is C16H15NO5. The Morgan fingerprint density at radius 3 is 2.27 bits per heavy atom. The minimum absolute atomic E-state index is 0.0135. The molecule has 1 atom stereocenters. The van der Waals surface area contributed by atoms with Crippen LogP contribution in [0.25, 0.3) is 0 Å². The first-order valence-corrected chi connectivity index (χ1v) is 6.55. The number of phenols is 1. The Balaban J connectivity index is 1.97. The Hall–Kier alpha value is -3.02. The zero-order valence-electron chi connectivity index (χ0n) is 11.6. The molecule has 3 N–H and O–H groups in total. The maximum atomic E-state index is 11.7. The second kappa shape index (κ2) is 7.12. The molecule has 114 valence electrons. The smallest absolute Gasteiger partial charge is 0.408 e. The first kappa shape index (κ1) is 15.4. The van der Waals surface area contributed by atoms with Gasteiger partial charge in [0.15, 0.2) is 6.04 Å². The van der Waals surface area contributed by atoms with E-state index in [-0.39, 0.29) is 12.4 Å². The van der Waals surface area contributed by atoms with Crippen molar-refractivity contribution in [1.82, 2.24) is 5.32 Å². The van der Waals surface area contributed by atoms with Crippen molar-refractivity contribution in [2.24, 2.45) is 0 Å². The zero-order chi connectivity index (χ0) is 15.9. The molecule has 2 rings (SSSR count). The van der Waals surface area contributed by atoms with Gasteiger partial charge in [0.25, 0.3) is 0 Å². The summed E-state index contributed by atoms with van der Waals surface area (Å²) in [5.41, 5.74) is 1.14. The zero-order valence-corrected chi connectivity index (χ0v) is 11.6. The van der Waals surface area contributed by atoms with E-state index < -0.39 is 18.1 Å². The molecular weight excluding hydrogens is 286 g/mol. The van der Waals surface area contributed by atoms with E-state index in [0.717, 1.165) is 5.56 Å². The van der Waals surface area contributed by atoms with Crippen molar-refractivity contribution in [2.45, 2.75) is 12.6 Å². The van der Waals surface area contributed by atoms with Crippen molar-refractivity contribution in [3.63, 3.8) is 0 Å². The van der Waals surface area contributed by atoms with Gasteiger partial charge in [-0.05, 0) is 23.3 Å². The maximum Gasteiger partial charge on any atom is 0.408 e. The summed E-state index contributed by atoms with van der Waals surface area (Å²) >= 11 is 0. The number of carbonyl (C=O) groups excluding carboxylic acids is 1. The van der Waals surface area contributed by atoms with Crippen molar-refractivity contribution < 1.29 is 24.5 Å². The fraction of sp³-hybridized carbons (Fsp3) is 0.125. The lowest BCUT2D eigenvalue weighted by Crippen LogP contribution is -2.34. The summed E-state index contributed by atoms with van der Waals surface area (Å²) in [6, 6.07) is 13.4. The van der Waals surface area contributed by atoms with E-state index >= 15 is 0 Å². The fourth-order valence-electron chi connectivity index (χ4n) is 1.84. The number of rotatable bonds is 5. The quantitative estimate of drug-likeness (QED) is 0.788. The molecule has 22 heavy (non-hydrogen) atoms. The molecule has 1 unspecified atom stereocenters. The number of aliphatic carboxylic acids is 1. The third-order valence-corrected chi connectivity index (χ3v) is 2.95. The average molecular weight is 301 g/mol. The van der Waals surface area contributed by atoms with Crippen molar-refractivity contribution >= 4 is 12.1 Å². The second-order valence-electron chi connectivity index (χ2n) is 4.57. The molecule has 6 nitrogen and oxygen atoms in total. The predicted octanol–water partition coefficient (Wildman–Crippen LogP) is 2.44. The average Bonchev–Trinajstić information content (AvgIpc) is 2.52. The Labute approximate surface area is 127 Å². The van der Waals surface area contributed by atoms with Crippen LogP contribution in [0, 0.1) is 0 Å². The van der Waals surface area contributed by atoms with Gasteiger partial charge < -0.3 is 20.3 Å². The molecule has 0 bridgehead atoms. The molecule has 0 heterocycles. The van der Waals surface area contributed by atoms with Crippen molar-refractivity contribution in [1.29, 1.82) is 0 Å². The minimum Gasteiger partial charge on any atom is -0.508 e. The lowest BCUT2D eigenvalue weighted by molar-refractivity contribution is -0.139. The van der Waals surface area contributed by atoms with Gasteiger partial charge in [0, 0.05) is 0 Å². The van der Waals surface area contributed by atoms with Crippen LogP contribution in [0.15, 0.2) is 54.6 Å². The topological polar surface area (TPSA) is 95.9 Å². The number of nitrogens with one attached hydrogen (secondary N) is 1. The molecule has 0 aliphatic rings. The van der Waals surface area contributed by atoms with Gasteiger partial charge in [-0.1, -0.05) is 42.5 Å². The summed E-state index contributed by atoms with van der Waals surface area (Å²) in [4.78, 5) is 23.0. The Bertz CT molecular complexity index is 639. The van der Waals surface area contributed by atoms with Gasteiger partial charge in [-0.3, -0.25) is 0 Å². The first-order chi connectivity index (χ1) is 10.6. The number of ether oxygens (including phenoxy) is 1. The molecule has 0 radical (unpaired) electrons. The highest BCUT2D eigenvalue weighted by molar-refractivity contribution is 5.81. The molecule has 0 aliphatic heterocycles. The van der Waals surface area contributed by atoms with Crippen LogP contribution in [0.1, 0.15) is 17.2 Å². The molecule has 0 aliphatic carbocycles. The van der Waals surface area contributed by atoms with Crippen LogP contribution >= 0.6 is 0 Å². The van der Waals surface area contributed by atoms with E-state index in [4.69, 9.17) is 4.74 Å². The van der Waals surface area contributed by atoms with Crippen molar-refractivity contribution in [3.05, 3.63) is 65.7 Å². The number of alkyl carbamates (subject to hydrolysis) is 1. The third-order valence-electron chi connectivity index (χ3n) is 2.95. The molecule has 1 amide bonds. The molecule has 0 spiro atoms. The van der Waals surface area contributed by atoms with Gasteiger partial charge in [-0.25, -0.2) is 9.59 Å². The highest BCUT2D eigenvalue weighted by Gasteiger charge is 2.22. The molecule has 0 saturated carbocycles. The summed E-state index contributed by atoms with van der Waals surface area (Å²) in [6.07, 6.45) is -0.829. The Morgan fingerprint density at radius 2 is 1.68 bits per heavy atom. The standard InChI is InChI=1S/C16H15NO5/c18-13-8-6-12(7-9-13)14(15(19)20)17-16(21)22-10-11-4-2-1-3-5-11/h1-9,14,18H,10H2,(H,17,21)(H,19,20). The summed E-state index contributed by atoms with van der Waals surface area (Å²) in [6.45, 7) is 0.0502. The molecule has 2 aromatic rings. The first-order valence-electron chi connectivity index (χ1n) is 6.55. The van der Waals surface area contributed by atoms with E-state index in [1.54, 1.807) is 12.1 Å². The van der Waals surface area contributed by atoms with Gasteiger partial charge in [-0.15, -0.1) is 0 Å². The normalized spacial score (nSPS) is 11.5. The van der Waals surface area contributed by atoms with E-state index in [0.29, 0.717) is 5.56 Å². The van der Waals surface area contributed by atoms with Gasteiger partial charge in [0.05, 0.1) is 0 Å². The maximum absolute atomic E-state index is 11.7. The largest absolute Gasteiger partial charge is 0.508 e. The Morgan fingerprint density at radius 1 is 1.05 bits per heavy atom. The molecule has 0 aromatic heterocycles. The number of hydrogen-bond acceptors (Lipinski definition) is 4. The molecule has 2 aromatic carbocycles. The number of benzene rings is 2. The van der Waals surface area contributed by atoms with Gasteiger partial charge in [-0.2, -0.15) is 0 Å². The summed E-state index contributed by atoms with van der Waals surface area (Å²) in [5, 5.41) is 20.7. The van der Waals surface area contributed by atoms with Crippen LogP contribution in [-0.4, -0.2) is 22.3 Å². The van der Waals surface area contributed by atoms with Crippen LogP contribution in [0.5, 0.6) is 5.75 Å². The molecule has 0 fully saturated rings. The lowest BCUT2D eigenvalue weighted by Gasteiger charge is -2.15. The number of phenolic OH excluding ortho intramolecular Hbond substituents is 1. The number of carbonyl (C=O) groups is 2. The highest BCUT2D eigenvalue weighted by atomic mass is 16.5. The number of amides is 1. The summed E-state index contributed by atoms with van der Waals surface area (Å²) < 4.78 is 4.99. The number of aromatic hydroxyl groups is 1. The number of hydrogen-bond donors (Lipinski definition) is 3. The van der Waals surface area contributed by atoms with Crippen LogP contribution in [0.2, 0.25) is 0 Å². The molecule has 0 saturated heterocycles. The minimum atomic E-state index is -1.25. The van der Waals surface area contributed by atoms with Crippen LogP contribution in [0.3, 0.4) is 0 Å². The lowest BCUT2D eigenvalue weighted by atomic mass is 10.1. The van der Waals surface area contributed by atoms with Crippen LogP contribution < -0.4 is 5.32 Å². The van der Waals surface area contributed by atoms with Crippen molar-refractivity contribution in [3.8, 4) is 5.75 Å². The SMILES string of the molecule is O=C(NC(C(=O)O)c1ccc(O)cc1)OCc1ccccc1. The Kier molecular flexibility index (Phi) is 4.98. The number of carboxylic acid groups (broad SMARTS) is 1. The second-order valence-corrected chi connectivity index (χ2v) is 4.57. The van der Waals surface area contributed by atoms with Gasteiger partial charge in [0.1, 0.15) is 12.4 Å². The van der Waals surface area contributed by atoms with Crippen LogP contribution in [0.4, 0.5) is 4.79 Å². The monoisotopic (exact) mass is 301 g/mol. The van der Waals surface area contributed by atoms with Gasteiger partial charge in [0.2, 0.25) is 0 Å². The van der Waals surface area contributed by atoms with Crippen LogP contribution in [-0.2, 0) is 16.1 Å². The fourth-order valence-corrected chi connectivity index (χ4v) is 1.84. The number of carboxylic acids is 1. The van der Waals surface area contributed by atoms with Crippen molar-refractivity contribution in [2.75, 3.05) is 0 Å². The summed E-state index contributed by atoms with van der Waals surface area (Å²) in [5.74, 6) is -1.21. The highest BCUT2D eigenvalue weighted by Crippen LogP contribution is 2.17. The van der Waals surface area contributed by atoms with E-state index in [1.807, 2.05) is 18.2 Å².